The highest BCUT2D eigenvalue weighted by Gasteiger charge is 2.09. The molecule has 0 saturated carbocycles. The first-order valence-corrected chi connectivity index (χ1v) is 7.54. The topological polar surface area (TPSA) is 92.4 Å². The number of methoxy groups -OCH3 is 1. The molecule has 0 aliphatic heterocycles. The summed E-state index contributed by atoms with van der Waals surface area (Å²) in [4.78, 5) is 27.4. The van der Waals surface area contributed by atoms with Crippen LogP contribution in [-0.4, -0.2) is 30.6 Å². The lowest BCUT2D eigenvalue weighted by Crippen LogP contribution is -2.35. The maximum atomic E-state index is 11.8. The van der Waals surface area contributed by atoms with Crippen molar-refractivity contribution < 1.29 is 14.3 Å². The van der Waals surface area contributed by atoms with E-state index >= 15 is 0 Å². The van der Waals surface area contributed by atoms with Crippen molar-refractivity contribution in [3.05, 3.63) is 46.7 Å². The molecule has 1 aromatic carbocycles. The molecule has 0 aliphatic carbocycles. The van der Waals surface area contributed by atoms with Crippen LogP contribution in [0.1, 0.15) is 0 Å². The summed E-state index contributed by atoms with van der Waals surface area (Å²) in [7, 11) is 1.53. The summed E-state index contributed by atoms with van der Waals surface area (Å²) in [6.45, 7) is -0.241. The fourth-order valence-electron chi connectivity index (χ4n) is 1.74. The molecule has 2 aromatic rings. The molecule has 0 atom stereocenters. The highest BCUT2D eigenvalue weighted by molar-refractivity contribution is 6.34. The number of hydrogen-bond donors (Lipinski definition) is 3. The Morgan fingerprint density at radius 3 is 2.67 bits per heavy atom. The summed E-state index contributed by atoms with van der Waals surface area (Å²) in [5.74, 6) is 0.150. The number of amides is 3. The summed E-state index contributed by atoms with van der Waals surface area (Å²) >= 11 is 11.5. The van der Waals surface area contributed by atoms with E-state index in [4.69, 9.17) is 27.9 Å². The van der Waals surface area contributed by atoms with Crippen molar-refractivity contribution in [3.63, 3.8) is 0 Å². The second kappa shape index (κ2) is 8.37. The third kappa shape index (κ3) is 5.29. The molecule has 0 unspecified atom stereocenters. The predicted octanol–water partition coefficient (Wildman–Crippen LogP) is 3.16. The molecule has 0 saturated heterocycles. The normalized spacial score (nSPS) is 9.96. The lowest BCUT2D eigenvalue weighted by molar-refractivity contribution is -0.115. The smallest absolute Gasteiger partial charge is 0.319 e. The van der Waals surface area contributed by atoms with Gasteiger partial charge in [-0.3, -0.25) is 4.79 Å². The largest absolute Gasteiger partial charge is 0.497 e. The van der Waals surface area contributed by atoms with Crippen LogP contribution in [0.2, 0.25) is 10.3 Å². The zero-order valence-electron chi connectivity index (χ0n) is 12.6. The van der Waals surface area contributed by atoms with E-state index in [2.05, 4.69) is 20.9 Å². The van der Waals surface area contributed by atoms with Crippen LogP contribution < -0.4 is 20.7 Å². The van der Waals surface area contributed by atoms with Crippen LogP contribution in [0.3, 0.4) is 0 Å². The first-order valence-electron chi connectivity index (χ1n) is 6.78. The highest BCUT2D eigenvalue weighted by Crippen LogP contribution is 2.21. The summed E-state index contributed by atoms with van der Waals surface area (Å²) in [6, 6.07) is 9.31. The SMILES string of the molecule is COc1cccc(NC(=O)NCC(=O)Nc2ccc(Cl)nc2Cl)c1. The summed E-state index contributed by atoms with van der Waals surface area (Å²) in [5.41, 5.74) is 0.846. The van der Waals surface area contributed by atoms with Gasteiger partial charge in [0.05, 0.1) is 19.3 Å². The minimum absolute atomic E-state index is 0.0664. The third-order valence-electron chi connectivity index (χ3n) is 2.83. The van der Waals surface area contributed by atoms with Crippen LogP contribution in [0.25, 0.3) is 0 Å². The third-order valence-corrected chi connectivity index (χ3v) is 3.32. The van der Waals surface area contributed by atoms with Crippen LogP contribution in [0.4, 0.5) is 16.2 Å². The van der Waals surface area contributed by atoms with Crippen LogP contribution in [0.15, 0.2) is 36.4 Å². The van der Waals surface area contributed by atoms with Gasteiger partial charge in [0.2, 0.25) is 5.91 Å². The number of urea groups is 1. The number of hydrogen-bond acceptors (Lipinski definition) is 4. The fraction of sp³-hybridized carbons (Fsp3) is 0.133. The van der Waals surface area contributed by atoms with E-state index in [9.17, 15) is 9.59 Å². The van der Waals surface area contributed by atoms with Gasteiger partial charge in [-0.1, -0.05) is 29.3 Å². The minimum atomic E-state index is -0.529. The molecule has 0 bridgehead atoms. The first-order chi connectivity index (χ1) is 11.5. The number of nitrogens with zero attached hydrogens (tertiary/aromatic N) is 1. The van der Waals surface area contributed by atoms with Crippen LogP contribution in [-0.2, 0) is 4.79 Å². The zero-order chi connectivity index (χ0) is 17.5. The van der Waals surface area contributed by atoms with E-state index in [1.165, 1.54) is 19.2 Å². The number of halogens is 2. The monoisotopic (exact) mass is 368 g/mol. The second-order valence-corrected chi connectivity index (χ2v) is 5.31. The molecular formula is C15H14Cl2N4O3. The second-order valence-electron chi connectivity index (χ2n) is 4.56. The van der Waals surface area contributed by atoms with E-state index < -0.39 is 11.9 Å². The Bertz CT molecular complexity index is 755. The maximum Gasteiger partial charge on any atom is 0.319 e. The van der Waals surface area contributed by atoms with E-state index in [1.807, 2.05) is 0 Å². The van der Waals surface area contributed by atoms with Crippen molar-refractivity contribution in [2.45, 2.75) is 0 Å². The van der Waals surface area contributed by atoms with Crippen molar-refractivity contribution in [3.8, 4) is 5.75 Å². The van der Waals surface area contributed by atoms with Crippen molar-refractivity contribution >= 4 is 46.5 Å². The summed E-state index contributed by atoms with van der Waals surface area (Å²) in [6.07, 6.45) is 0. The number of rotatable bonds is 5. The predicted molar refractivity (Wildman–Crippen MR) is 92.9 cm³/mol. The van der Waals surface area contributed by atoms with E-state index in [-0.39, 0.29) is 16.9 Å². The van der Waals surface area contributed by atoms with Crippen molar-refractivity contribution in [2.24, 2.45) is 0 Å². The van der Waals surface area contributed by atoms with E-state index in [0.717, 1.165) is 0 Å². The zero-order valence-corrected chi connectivity index (χ0v) is 14.1. The van der Waals surface area contributed by atoms with Gasteiger partial charge >= 0.3 is 6.03 Å². The molecule has 3 N–H and O–H groups in total. The van der Waals surface area contributed by atoms with Crippen LogP contribution in [0, 0.1) is 0 Å². The van der Waals surface area contributed by atoms with E-state index in [0.29, 0.717) is 17.1 Å². The molecule has 24 heavy (non-hydrogen) atoms. The maximum absolute atomic E-state index is 11.8. The Morgan fingerprint density at radius 1 is 1.17 bits per heavy atom. The molecule has 0 radical (unpaired) electrons. The molecule has 1 aromatic heterocycles. The van der Waals surface area contributed by atoms with Gasteiger partial charge < -0.3 is 20.7 Å². The number of anilines is 2. The lowest BCUT2D eigenvalue weighted by Gasteiger charge is -2.10. The molecule has 9 heteroatoms. The van der Waals surface area contributed by atoms with Gasteiger partial charge in [-0.25, -0.2) is 9.78 Å². The minimum Gasteiger partial charge on any atom is -0.497 e. The van der Waals surface area contributed by atoms with Gasteiger partial charge in [-0.2, -0.15) is 0 Å². The highest BCUT2D eigenvalue weighted by atomic mass is 35.5. The molecule has 2 rings (SSSR count). The average Bonchev–Trinajstić information content (AvgIpc) is 2.56. The summed E-state index contributed by atoms with van der Waals surface area (Å²) < 4.78 is 5.06. The molecule has 0 fully saturated rings. The number of nitrogens with one attached hydrogen (secondary N) is 3. The van der Waals surface area contributed by atoms with Crippen LogP contribution >= 0.6 is 23.2 Å². The van der Waals surface area contributed by atoms with Gasteiger partial charge in [-0.15, -0.1) is 0 Å². The number of benzene rings is 1. The Balaban J connectivity index is 1.83. The molecule has 7 nitrogen and oxygen atoms in total. The fourth-order valence-corrected chi connectivity index (χ4v) is 2.13. The number of aromatic nitrogens is 1. The molecular weight excluding hydrogens is 355 g/mol. The molecule has 126 valence electrons. The quantitative estimate of drug-likeness (QED) is 0.706. The molecule has 0 spiro atoms. The lowest BCUT2D eigenvalue weighted by atomic mass is 10.3. The van der Waals surface area contributed by atoms with Crippen molar-refractivity contribution in [2.75, 3.05) is 24.3 Å². The van der Waals surface area contributed by atoms with Gasteiger partial charge in [-0.05, 0) is 24.3 Å². The Hall–Kier alpha value is -2.51. The average molecular weight is 369 g/mol. The van der Waals surface area contributed by atoms with E-state index in [1.54, 1.807) is 24.3 Å². The molecule has 1 heterocycles. The van der Waals surface area contributed by atoms with Gasteiger partial charge in [0.1, 0.15) is 10.9 Å². The summed E-state index contributed by atoms with van der Waals surface area (Å²) in [5, 5.41) is 7.82. The Kier molecular flexibility index (Phi) is 6.22. The Morgan fingerprint density at radius 2 is 1.96 bits per heavy atom. The molecule has 3 amide bonds. The number of carbonyl (C=O) groups is 2. The first kappa shape index (κ1) is 17.8. The van der Waals surface area contributed by atoms with Gasteiger partial charge in [0.15, 0.2) is 5.15 Å². The van der Waals surface area contributed by atoms with Crippen LogP contribution in [0.5, 0.6) is 5.75 Å². The number of carbonyl (C=O) groups excluding carboxylic acids is 2. The number of ether oxygens (including phenoxy) is 1. The Labute approximate surface area is 148 Å². The number of pyridine rings is 1. The van der Waals surface area contributed by atoms with Gasteiger partial charge in [0.25, 0.3) is 0 Å². The van der Waals surface area contributed by atoms with Gasteiger partial charge in [0, 0.05) is 11.8 Å². The molecule has 0 aliphatic rings. The standard InChI is InChI=1S/C15H14Cl2N4O3/c1-24-10-4-2-3-9(7-10)19-15(23)18-8-13(22)20-11-5-6-12(16)21-14(11)17/h2-7H,8H2,1H3,(H,20,22)(H2,18,19,23). The van der Waals surface area contributed by atoms with Crippen molar-refractivity contribution in [1.82, 2.24) is 10.3 Å². The van der Waals surface area contributed by atoms with Crippen molar-refractivity contribution in [1.29, 1.82) is 0 Å².